The van der Waals surface area contributed by atoms with Crippen LogP contribution in [-0.4, -0.2) is 5.54 Å². The molecule has 0 saturated heterocycles. The van der Waals surface area contributed by atoms with E-state index in [1.807, 2.05) is 0 Å². The first kappa shape index (κ1) is 46.7. The van der Waals surface area contributed by atoms with Crippen LogP contribution in [0.1, 0.15) is 155 Å². The average molecular weight is 884 g/mol. The Kier molecular flexibility index (Phi) is 14.5. The third kappa shape index (κ3) is 10.5. The van der Waals surface area contributed by atoms with Crippen LogP contribution >= 0.6 is 0 Å². The number of anilines is 2. The highest BCUT2D eigenvalue weighted by molar-refractivity contribution is 5.77. The smallest absolute Gasteiger partial charge is 0.0418 e. The van der Waals surface area contributed by atoms with Crippen LogP contribution in [-0.2, 0) is 51.4 Å². The molecule has 346 valence electrons. The third-order valence-corrected chi connectivity index (χ3v) is 16.9. The lowest BCUT2D eigenvalue weighted by atomic mass is 9.74. The number of benzene rings is 6. The van der Waals surface area contributed by atoms with Crippen molar-refractivity contribution in [1.29, 1.82) is 0 Å². The zero-order valence-corrected chi connectivity index (χ0v) is 41.9. The molecule has 9 rings (SSSR count). The van der Waals surface area contributed by atoms with E-state index in [-0.39, 0.29) is 11.0 Å². The highest BCUT2D eigenvalue weighted by Gasteiger charge is 2.30. The van der Waals surface area contributed by atoms with E-state index in [2.05, 4.69) is 192 Å². The lowest BCUT2D eigenvalue weighted by molar-refractivity contribution is 0.373. The molecule has 1 unspecified atom stereocenters. The maximum absolute atomic E-state index is 2.57. The van der Waals surface area contributed by atoms with Gasteiger partial charge in [0.15, 0.2) is 0 Å². The fraction of sp³-hybridized carbons (Fsp3) is 0.394. The summed E-state index contributed by atoms with van der Waals surface area (Å²) in [5.41, 5.74) is 23.3. The Morgan fingerprint density at radius 2 is 0.970 bits per heavy atom. The molecule has 1 atom stereocenters. The Morgan fingerprint density at radius 3 is 1.45 bits per heavy atom. The lowest BCUT2D eigenvalue weighted by Gasteiger charge is -2.42. The van der Waals surface area contributed by atoms with Gasteiger partial charge in [0.2, 0.25) is 0 Å². The van der Waals surface area contributed by atoms with Gasteiger partial charge in [0, 0.05) is 22.8 Å². The van der Waals surface area contributed by atoms with Gasteiger partial charge in [-0.3, -0.25) is 0 Å². The Balaban J connectivity index is 1.04. The Bertz CT molecular complexity index is 2600. The SMILES string of the molecule is CCC(C)(CC)C1=CCC(c2cc(-c3ccc(N(c4ccccc4)C(C)(CC)CC)cc3)cc(-c3cc(CCCCc4ccc5c(c4)CC5)cc(CCCCc4ccc5c(c4)CC5)c3)c2)C=C1. The van der Waals surface area contributed by atoms with Crippen LogP contribution in [0.15, 0.2) is 151 Å². The summed E-state index contributed by atoms with van der Waals surface area (Å²) in [6.07, 6.45) is 27.5. The largest absolute Gasteiger partial charge is 0.336 e. The van der Waals surface area contributed by atoms with E-state index in [4.69, 9.17) is 0 Å². The predicted octanol–water partition coefficient (Wildman–Crippen LogP) is 17.9. The molecule has 0 spiro atoms. The maximum Gasteiger partial charge on any atom is 0.0418 e. The van der Waals surface area contributed by atoms with Crippen molar-refractivity contribution in [1.82, 2.24) is 0 Å². The van der Waals surface area contributed by atoms with Gasteiger partial charge in [0.05, 0.1) is 0 Å². The van der Waals surface area contributed by atoms with Gasteiger partial charge in [-0.15, -0.1) is 0 Å². The average Bonchev–Trinajstić information content (AvgIpc) is 3.35. The molecule has 0 saturated carbocycles. The second kappa shape index (κ2) is 20.9. The van der Waals surface area contributed by atoms with Crippen molar-refractivity contribution in [2.45, 2.75) is 162 Å². The van der Waals surface area contributed by atoms with E-state index >= 15 is 0 Å². The topological polar surface area (TPSA) is 3.24 Å². The Morgan fingerprint density at radius 1 is 0.463 bits per heavy atom. The molecule has 0 N–H and O–H groups in total. The van der Waals surface area contributed by atoms with Crippen molar-refractivity contribution in [3.05, 3.63) is 201 Å². The molecule has 0 radical (unpaired) electrons. The van der Waals surface area contributed by atoms with E-state index < -0.39 is 0 Å². The van der Waals surface area contributed by atoms with E-state index in [9.17, 15) is 0 Å². The minimum Gasteiger partial charge on any atom is -0.336 e. The summed E-state index contributed by atoms with van der Waals surface area (Å²) in [4.78, 5) is 2.57. The van der Waals surface area contributed by atoms with E-state index in [0.717, 1.165) is 44.9 Å². The summed E-state index contributed by atoms with van der Waals surface area (Å²) in [5, 5.41) is 0. The van der Waals surface area contributed by atoms with Crippen molar-refractivity contribution in [2.24, 2.45) is 5.41 Å². The van der Waals surface area contributed by atoms with Crippen molar-refractivity contribution < 1.29 is 0 Å². The summed E-state index contributed by atoms with van der Waals surface area (Å²) in [7, 11) is 0. The molecule has 1 nitrogen and oxygen atoms in total. The summed E-state index contributed by atoms with van der Waals surface area (Å²) in [6.45, 7) is 14.2. The van der Waals surface area contributed by atoms with Crippen LogP contribution in [0.25, 0.3) is 22.3 Å². The summed E-state index contributed by atoms with van der Waals surface area (Å²) >= 11 is 0. The van der Waals surface area contributed by atoms with Gasteiger partial charge in [-0.05, 0) is 230 Å². The van der Waals surface area contributed by atoms with Crippen LogP contribution in [0.4, 0.5) is 11.4 Å². The molecule has 0 aromatic heterocycles. The minimum absolute atomic E-state index is 0.00816. The standard InChI is InChI=1S/C66H77N/c1-7-65(5,8-2)62-36-32-54(33-37-62)59-45-60(55-34-38-64(39-35-55)67(66(6,9-3)10-4)63-22-12-11-13-23-63)47-61(46-59)58-43-50(20-16-14-18-48-24-26-52-28-30-56(52)41-48)40-51(44-58)21-17-15-19-49-25-27-53-29-31-57(53)42-49/h11-13,22-27,32,34-47,54H,7-10,14-21,28-31,33H2,1-6H3. The molecule has 0 heterocycles. The number of hydrogen-bond donors (Lipinski definition) is 0. The Hall–Kier alpha value is -5.40. The molecule has 6 aromatic rings. The number of nitrogens with zero attached hydrogens (tertiary/aromatic N) is 1. The highest BCUT2D eigenvalue weighted by atomic mass is 15.2. The van der Waals surface area contributed by atoms with Gasteiger partial charge in [0.1, 0.15) is 0 Å². The number of hydrogen-bond acceptors (Lipinski definition) is 1. The molecule has 0 fully saturated rings. The molecule has 0 aliphatic heterocycles. The number of unbranched alkanes of at least 4 members (excludes halogenated alkanes) is 2. The van der Waals surface area contributed by atoms with Gasteiger partial charge in [-0.1, -0.05) is 150 Å². The number of para-hydroxylation sites is 1. The van der Waals surface area contributed by atoms with E-state index in [1.165, 1.54) is 131 Å². The second-order valence-electron chi connectivity index (χ2n) is 21.1. The number of rotatable bonds is 21. The van der Waals surface area contributed by atoms with E-state index in [0.29, 0.717) is 5.92 Å². The molecular weight excluding hydrogens is 807 g/mol. The zero-order valence-electron chi connectivity index (χ0n) is 41.9. The first-order valence-electron chi connectivity index (χ1n) is 26.5. The third-order valence-electron chi connectivity index (χ3n) is 16.9. The zero-order chi connectivity index (χ0) is 46.4. The number of allylic oxidation sites excluding steroid dienone is 4. The second-order valence-corrected chi connectivity index (χ2v) is 21.1. The minimum atomic E-state index is 0.00816. The monoisotopic (exact) mass is 884 g/mol. The first-order chi connectivity index (χ1) is 32.7. The van der Waals surface area contributed by atoms with Gasteiger partial charge >= 0.3 is 0 Å². The number of fused-ring (bicyclic) bond motifs is 2. The summed E-state index contributed by atoms with van der Waals surface area (Å²) in [6, 6.07) is 50.1. The van der Waals surface area contributed by atoms with Crippen LogP contribution in [0.2, 0.25) is 0 Å². The van der Waals surface area contributed by atoms with Crippen molar-refractivity contribution in [2.75, 3.05) is 4.90 Å². The highest BCUT2D eigenvalue weighted by Crippen LogP contribution is 2.43. The molecule has 67 heavy (non-hydrogen) atoms. The molecule has 0 amide bonds. The van der Waals surface area contributed by atoms with Crippen LogP contribution < -0.4 is 4.90 Å². The fourth-order valence-electron chi connectivity index (χ4n) is 11.2. The van der Waals surface area contributed by atoms with Crippen molar-refractivity contribution >= 4 is 11.4 Å². The van der Waals surface area contributed by atoms with Gasteiger partial charge in [0.25, 0.3) is 0 Å². The number of aryl methyl sites for hydroxylation is 8. The predicted molar refractivity (Wildman–Crippen MR) is 289 cm³/mol. The quantitative estimate of drug-likeness (QED) is 0.0651. The lowest BCUT2D eigenvalue weighted by Crippen LogP contribution is -2.42. The molecule has 0 bridgehead atoms. The van der Waals surface area contributed by atoms with Gasteiger partial charge in [-0.2, -0.15) is 0 Å². The van der Waals surface area contributed by atoms with Crippen LogP contribution in [0.3, 0.4) is 0 Å². The van der Waals surface area contributed by atoms with E-state index in [1.54, 1.807) is 22.3 Å². The van der Waals surface area contributed by atoms with Crippen molar-refractivity contribution in [3.8, 4) is 22.3 Å². The Labute approximate surface area is 405 Å². The molecule has 3 aliphatic carbocycles. The van der Waals surface area contributed by atoms with Crippen LogP contribution in [0, 0.1) is 5.41 Å². The van der Waals surface area contributed by atoms with Crippen molar-refractivity contribution in [3.63, 3.8) is 0 Å². The fourth-order valence-corrected chi connectivity index (χ4v) is 11.2. The molecule has 6 aromatic carbocycles. The molecule has 1 heteroatoms. The summed E-state index contributed by atoms with van der Waals surface area (Å²) in [5.74, 6) is 0.343. The summed E-state index contributed by atoms with van der Waals surface area (Å²) < 4.78 is 0. The first-order valence-corrected chi connectivity index (χ1v) is 26.5. The van der Waals surface area contributed by atoms with Gasteiger partial charge in [-0.25, -0.2) is 0 Å². The van der Waals surface area contributed by atoms with Gasteiger partial charge < -0.3 is 4.90 Å². The molecular formula is C66H77N. The van der Waals surface area contributed by atoms with Crippen LogP contribution in [0.5, 0.6) is 0 Å². The maximum atomic E-state index is 2.57. The normalized spacial score (nSPS) is 15.3. The molecule has 3 aliphatic rings.